The average molecular weight is 406 g/mol. The Kier molecular flexibility index (Phi) is 5.01. The molecule has 0 spiro atoms. The highest BCUT2D eigenvalue weighted by atomic mass is 16.5. The molecule has 2 aromatic carbocycles. The maximum absolute atomic E-state index is 12.8. The minimum Gasteiger partial charge on any atom is -0.454 e. The molecule has 0 unspecified atom stereocenters. The fraction of sp³-hybridized carbons (Fsp3) is 0.190. The summed E-state index contributed by atoms with van der Waals surface area (Å²) in [6.07, 6.45) is 0. The number of nitrogens with zero attached hydrogens (tertiary/aromatic N) is 3. The van der Waals surface area contributed by atoms with Gasteiger partial charge in [-0.2, -0.15) is 0 Å². The summed E-state index contributed by atoms with van der Waals surface area (Å²) in [6.45, 7) is 0.808. The van der Waals surface area contributed by atoms with Gasteiger partial charge in [-0.15, -0.1) is 10.2 Å². The van der Waals surface area contributed by atoms with Crippen LogP contribution < -0.4 is 5.32 Å². The molecule has 4 rings (SSSR count). The second-order valence-corrected chi connectivity index (χ2v) is 6.84. The van der Waals surface area contributed by atoms with Crippen LogP contribution in [0, 0.1) is 0 Å². The monoisotopic (exact) mass is 406 g/mol. The fourth-order valence-corrected chi connectivity index (χ4v) is 3.13. The molecule has 0 aliphatic carbocycles. The van der Waals surface area contributed by atoms with Crippen LogP contribution in [0.3, 0.4) is 0 Å². The number of nitrogens with one attached hydrogen (secondary N) is 1. The van der Waals surface area contributed by atoms with E-state index in [0.29, 0.717) is 11.5 Å². The van der Waals surface area contributed by atoms with Gasteiger partial charge in [0.15, 0.2) is 6.61 Å². The lowest BCUT2D eigenvalue weighted by Gasteiger charge is -2.21. The molecule has 1 saturated heterocycles. The molecular weight excluding hydrogens is 388 g/mol. The van der Waals surface area contributed by atoms with Crippen LogP contribution in [-0.2, 0) is 26.5 Å². The minimum absolute atomic E-state index is 0.105. The Labute approximate surface area is 171 Å². The topological polar surface area (TPSA) is 115 Å². The van der Waals surface area contributed by atoms with E-state index in [1.54, 1.807) is 31.2 Å². The Morgan fingerprint density at radius 3 is 2.43 bits per heavy atom. The third-order valence-corrected chi connectivity index (χ3v) is 4.76. The van der Waals surface area contributed by atoms with Gasteiger partial charge in [-0.05, 0) is 24.6 Å². The van der Waals surface area contributed by atoms with Gasteiger partial charge in [0.25, 0.3) is 11.8 Å². The zero-order valence-electron chi connectivity index (χ0n) is 16.1. The van der Waals surface area contributed by atoms with Crippen LogP contribution >= 0.6 is 0 Å². The summed E-state index contributed by atoms with van der Waals surface area (Å²) in [5.41, 5.74) is 0.121. The molecule has 9 nitrogen and oxygen atoms in total. The number of imide groups is 1. The molecular formula is C21H18N4O5. The van der Waals surface area contributed by atoms with Crippen molar-refractivity contribution in [1.29, 1.82) is 0 Å². The van der Waals surface area contributed by atoms with Gasteiger partial charge < -0.3 is 14.5 Å². The lowest BCUT2D eigenvalue weighted by Crippen LogP contribution is -2.41. The number of hydrogen-bond donors (Lipinski definition) is 1. The number of hydrogen-bond acceptors (Lipinski definition) is 7. The highest BCUT2D eigenvalue weighted by molar-refractivity contribution is 6.08. The third-order valence-electron chi connectivity index (χ3n) is 4.76. The molecule has 30 heavy (non-hydrogen) atoms. The largest absolute Gasteiger partial charge is 0.454 e. The summed E-state index contributed by atoms with van der Waals surface area (Å²) in [6, 6.07) is 17.3. The molecule has 0 radical (unpaired) electrons. The molecule has 1 aliphatic heterocycles. The number of benzene rings is 2. The molecule has 1 atom stereocenters. The van der Waals surface area contributed by atoms with Crippen molar-refractivity contribution >= 4 is 17.9 Å². The standard InChI is InChI=1S/C21H18N4O5/c1-21(15-10-6-3-7-11-15)19(27)25(20(28)22-21)12-17(26)29-13-16-23-24-18(30-16)14-8-4-2-5-9-14/h2-11H,12-13H2,1H3,(H,22,28)/t21-/m0/s1. The Bertz CT molecular complexity index is 1080. The summed E-state index contributed by atoms with van der Waals surface area (Å²) in [5.74, 6) is -0.891. The molecule has 152 valence electrons. The highest BCUT2D eigenvalue weighted by Gasteiger charge is 2.49. The number of ether oxygens (including phenoxy) is 1. The molecule has 9 heteroatoms. The Balaban J connectivity index is 1.37. The molecule has 1 aliphatic rings. The van der Waals surface area contributed by atoms with E-state index in [2.05, 4.69) is 15.5 Å². The van der Waals surface area contributed by atoms with Gasteiger partial charge >= 0.3 is 12.0 Å². The first-order valence-electron chi connectivity index (χ1n) is 9.20. The predicted molar refractivity (Wildman–Crippen MR) is 104 cm³/mol. The smallest absolute Gasteiger partial charge is 0.326 e. The van der Waals surface area contributed by atoms with Crippen molar-refractivity contribution in [2.75, 3.05) is 6.54 Å². The molecule has 2 heterocycles. The SMILES string of the molecule is C[C@@]1(c2ccccc2)NC(=O)N(CC(=O)OCc2nnc(-c3ccccc3)o2)C1=O. The van der Waals surface area contributed by atoms with Crippen molar-refractivity contribution in [3.63, 3.8) is 0 Å². The first-order valence-corrected chi connectivity index (χ1v) is 9.20. The van der Waals surface area contributed by atoms with Crippen LogP contribution in [0.5, 0.6) is 0 Å². The Morgan fingerprint density at radius 1 is 1.07 bits per heavy atom. The summed E-state index contributed by atoms with van der Waals surface area (Å²) in [7, 11) is 0. The van der Waals surface area contributed by atoms with Crippen molar-refractivity contribution in [3.8, 4) is 11.5 Å². The van der Waals surface area contributed by atoms with E-state index in [-0.39, 0.29) is 12.5 Å². The van der Waals surface area contributed by atoms with Crippen LogP contribution in [0.25, 0.3) is 11.5 Å². The first-order chi connectivity index (χ1) is 14.5. The molecule has 1 N–H and O–H groups in total. The third kappa shape index (κ3) is 3.64. The number of carbonyl (C=O) groups excluding carboxylic acids is 3. The maximum Gasteiger partial charge on any atom is 0.326 e. The molecule has 1 aromatic heterocycles. The van der Waals surface area contributed by atoms with Gasteiger partial charge in [-0.1, -0.05) is 48.5 Å². The van der Waals surface area contributed by atoms with Crippen molar-refractivity contribution in [2.45, 2.75) is 19.1 Å². The van der Waals surface area contributed by atoms with Crippen molar-refractivity contribution in [2.24, 2.45) is 0 Å². The van der Waals surface area contributed by atoms with E-state index in [0.717, 1.165) is 10.5 Å². The molecule has 3 amide bonds. The second kappa shape index (κ2) is 7.78. The average Bonchev–Trinajstić information content (AvgIpc) is 3.33. The van der Waals surface area contributed by atoms with Gasteiger partial charge in [-0.25, -0.2) is 4.79 Å². The predicted octanol–water partition coefficient (Wildman–Crippen LogP) is 2.25. The first kappa shape index (κ1) is 19.3. The molecule has 0 bridgehead atoms. The van der Waals surface area contributed by atoms with Gasteiger partial charge in [0, 0.05) is 5.56 Å². The number of aromatic nitrogens is 2. The van der Waals surface area contributed by atoms with E-state index in [1.807, 2.05) is 36.4 Å². The zero-order chi connectivity index (χ0) is 21.1. The molecule has 3 aromatic rings. The Hall–Kier alpha value is -4.01. The number of rotatable bonds is 6. The molecule has 1 fully saturated rings. The number of esters is 1. The van der Waals surface area contributed by atoms with Crippen LogP contribution in [-0.4, -0.2) is 39.5 Å². The van der Waals surface area contributed by atoms with Crippen LogP contribution in [0.1, 0.15) is 18.4 Å². The summed E-state index contributed by atoms with van der Waals surface area (Å²) < 4.78 is 10.6. The van der Waals surface area contributed by atoms with Gasteiger partial charge in [0.1, 0.15) is 12.1 Å². The highest BCUT2D eigenvalue weighted by Crippen LogP contribution is 2.28. The lowest BCUT2D eigenvalue weighted by atomic mass is 9.92. The number of amides is 3. The zero-order valence-corrected chi connectivity index (χ0v) is 16.1. The Morgan fingerprint density at radius 2 is 1.73 bits per heavy atom. The minimum atomic E-state index is -1.24. The van der Waals surface area contributed by atoms with Crippen LogP contribution in [0.15, 0.2) is 65.1 Å². The van der Waals surface area contributed by atoms with Gasteiger partial charge in [0.05, 0.1) is 0 Å². The lowest BCUT2D eigenvalue weighted by molar-refractivity contribution is -0.149. The van der Waals surface area contributed by atoms with E-state index >= 15 is 0 Å². The van der Waals surface area contributed by atoms with Crippen molar-refractivity contribution in [3.05, 3.63) is 72.1 Å². The van der Waals surface area contributed by atoms with Crippen LogP contribution in [0.2, 0.25) is 0 Å². The number of urea groups is 1. The summed E-state index contributed by atoms with van der Waals surface area (Å²) in [5, 5.41) is 10.4. The van der Waals surface area contributed by atoms with E-state index in [4.69, 9.17) is 9.15 Å². The van der Waals surface area contributed by atoms with Gasteiger partial charge in [0.2, 0.25) is 5.89 Å². The van der Waals surface area contributed by atoms with E-state index in [1.165, 1.54) is 0 Å². The van der Waals surface area contributed by atoms with Crippen molar-refractivity contribution < 1.29 is 23.5 Å². The number of carbonyl (C=O) groups is 3. The normalized spacial score (nSPS) is 18.4. The van der Waals surface area contributed by atoms with Crippen LogP contribution in [0.4, 0.5) is 4.79 Å². The molecule has 0 saturated carbocycles. The van der Waals surface area contributed by atoms with Gasteiger partial charge in [-0.3, -0.25) is 14.5 Å². The maximum atomic E-state index is 12.8. The van der Waals surface area contributed by atoms with E-state index < -0.39 is 30.0 Å². The van der Waals surface area contributed by atoms with Crippen molar-refractivity contribution in [1.82, 2.24) is 20.4 Å². The summed E-state index contributed by atoms with van der Waals surface area (Å²) >= 11 is 0. The summed E-state index contributed by atoms with van der Waals surface area (Å²) in [4.78, 5) is 38.1. The quantitative estimate of drug-likeness (QED) is 0.493. The fourth-order valence-electron chi connectivity index (χ4n) is 3.13. The van der Waals surface area contributed by atoms with E-state index in [9.17, 15) is 14.4 Å². The second-order valence-electron chi connectivity index (χ2n) is 6.84.